The molecule has 0 unspecified atom stereocenters. The van der Waals surface area contributed by atoms with Gasteiger partial charge in [-0.25, -0.2) is 9.97 Å². The van der Waals surface area contributed by atoms with Gasteiger partial charge in [0.05, 0.1) is 21.3 Å². The number of nitrogens with two attached hydrogens (primary N) is 1. The number of benzene rings is 2. The number of nitrogens with zero attached hydrogens (tertiary/aromatic N) is 3. The first-order valence-electron chi connectivity index (χ1n) is 7.51. The van der Waals surface area contributed by atoms with Crippen molar-refractivity contribution in [2.75, 3.05) is 5.73 Å². The van der Waals surface area contributed by atoms with Crippen LogP contribution in [-0.4, -0.2) is 15.1 Å². The third-order valence-corrected chi connectivity index (χ3v) is 4.95. The Balaban J connectivity index is 2.04. The smallest absolute Gasteiger partial charge is 0.134 e. The third-order valence-electron chi connectivity index (χ3n) is 3.89. The van der Waals surface area contributed by atoms with Crippen molar-refractivity contribution >= 4 is 27.4 Å². The summed E-state index contributed by atoms with van der Waals surface area (Å²) >= 11 is 1.51. The Morgan fingerprint density at radius 2 is 1.80 bits per heavy atom. The van der Waals surface area contributed by atoms with E-state index >= 15 is 0 Å². The lowest BCUT2D eigenvalue weighted by molar-refractivity contribution is 0.475. The fourth-order valence-corrected chi connectivity index (χ4v) is 3.76. The minimum Gasteiger partial charge on any atom is -0.508 e. The van der Waals surface area contributed by atoms with E-state index in [1.165, 1.54) is 17.5 Å². The van der Waals surface area contributed by atoms with Crippen LogP contribution in [-0.2, 0) is 0 Å². The molecule has 0 radical (unpaired) electrons. The van der Waals surface area contributed by atoms with E-state index in [2.05, 4.69) is 16.0 Å². The Kier molecular flexibility index (Phi) is 3.56. The minimum absolute atomic E-state index is 0.158. The molecule has 0 bridgehead atoms. The highest BCUT2D eigenvalue weighted by Crippen LogP contribution is 2.41. The van der Waals surface area contributed by atoms with Crippen molar-refractivity contribution in [3.63, 3.8) is 0 Å². The van der Waals surface area contributed by atoms with Gasteiger partial charge in [0.1, 0.15) is 22.6 Å². The summed E-state index contributed by atoms with van der Waals surface area (Å²) in [5, 5.41) is 19.8. The summed E-state index contributed by atoms with van der Waals surface area (Å²) in [5.41, 5.74) is 9.55. The molecule has 6 heteroatoms. The second-order valence-corrected chi connectivity index (χ2v) is 6.48. The van der Waals surface area contributed by atoms with Crippen molar-refractivity contribution in [3.05, 3.63) is 60.3 Å². The normalized spacial score (nSPS) is 10.7. The van der Waals surface area contributed by atoms with Gasteiger partial charge in [-0.2, -0.15) is 5.26 Å². The molecular weight excluding hydrogens is 332 g/mol. The fourth-order valence-electron chi connectivity index (χ4n) is 2.73. The molecule has 0 aliphatic rings. The van der Waals surface area contributed by atoms with Crippen LogP contribution in [0.2, 0.25) is 0 Å². The van der Waals surface area contributed by atoms with Crippen molar-refractivity contribution in [1.82, 2.24) is 9.97 Å². The average Bonchev–Trinajstić information content (AvgIpc) is 3.05. The Bertz CT molecular complexity index is 1090. The molecule has 0 aliphatic carbocycles. The molecule has 5 nitrogen and oxygen atoms in total. The molecule has 0 aliphatic heterocycles. The number of anilines is 1. The SMILES string of the molecule is N#Cc1cnc(N)c(-c2nc3ccccc3s2)c1-c1ccc(O)cc1. The van der Waals surface area contributed by atoms with Crippen LogP contribution in [0.15, 0.2) is 54.7 Å². The number of fused-ring (bicyclic) bond motifs is 1. The maximum atomic E-state index is 9.55. The number of nitriles is 1. The lowest BCUT2D eigenvalue weighted by Crippen LogP contribution is -1.99. The van der Waals surface area contributed by atoms with Crippen LogP contribution in [0.1, 0.15) is 5.56 Å². The first kappa shape index (κ1) is 15.1. The van der Waals surface area contributed by atoms with Gasteiger partial charge in [0.25, 0.3) is 0 Å². The second-order valence-electron chi connectivity index (χ2n) is 5.45. The van der Waals surface area contributed by atoms with Crippen LogP contribution in [0.4, 0.5) is 5.82 Å². The van der Waals surface area contributed by atoms with Crippen molar-refractivity contribution in [1.29, 1.82) is 5.26 Å². The summed E-state index contributed by atoms with van der Waals surface area (Å²) in [4.78, 5) is 8.84. The molecule has 0 fully saturated rings. The molecule has 0 spiro atoms. The highest BCUT2D eigenvalue weighted by molar-refractivity contribution is 7.21. The van der Waals surface area contributed by atoms with E-state index in [1.54, 1.807) is 24.3 Å². The Labute approximate surface area is 147 Å². The first-order valence-corrected chi connectivity index (χ1v) is 8.33. The van der Waals surface area contributed by atoms with E-state index in [4.69, 9.17) is 5.73 Å². The van der Waals surface area contributed by atoms with Crippen molar-refractivity contribution in [2.45, 2.75) is 0 Å². The van der Waals surface area contributed by atoms with Gasteiger partial charge in [0, 0.05) is 11.8 Å². The standard InChI is InChI=1S/C19H12N4OS/c20-9-12-10-22-18(21)17(16(12)11-5-7-13(24)8-6-11)19-23-14-3-1-2-4-15(14)25-19/h1-8,10,24H,(H2,21,22). The topological polar surface area (TPSA) is 95.8 Å². The number of nitrogen functional groups attached to an aromatic ring is 1. The predicted molar refractivity (Wildman–Crippen MR) is 99.1 cm³/mol. The largest absolute Gasteiger partial charge is 0.508 e. The molecular formula is C19H12N4OS. The van der Waals surface area contributed by atoms with E-state index in [0.717, 1.165) is 15.8 Å². The number of thiazole rings is 1. The number of phenols is 1. The molecule has 120 valence electrons. The molecule has 0 atom stereocenters. The molecule has 2 aromatic carbocycles. The van der Waals surface area contributed by atoms with Crippen molar-refractivity contribution in [2.24, 2.45) is 0 Å². The van der Waals surface area contributed by atoms with Gasteiger partial charge in [-0.3, -0.25) is 0 Å². The molecule has 2 aromatic heterocycles. The number of phenolic OH excluding ortho intramolecular Hbond substituents is 1. The molecule has 3 N–H and O–H groups in total. The molecule has 0 saturated heterocycles. The molecule has 0 amide bonds. The zero-order valence-electron chi connectivity index (χ0n) is 13.0. The second kappa shape index (κ2) is 5.89. The maximum absolute atomic E-state index is 9.55. The Hall–Kier alpha value is -3.43. The van der Waals surface area contributed by atoms with Gasteiger partial charge in [0.15, 0.2) is 0 Å². The van der Waals surface area contributed by atoms with Gasteiger partial charge in [-0.05, 0) is 29.8 Å². The highest BCUT2D eigenvalue weighted by Gasteiger charge is 2.20. The van der Waals surface area contributed by atoms with E-state index in [9.17, 15) is 10.4 Å². The van der Waals surface area contributed by atoms with Gasteiger partial charge < -0.3 is 10.8 Å². The van der Waals surface area contributed by atoms with E-state index in [1.807, 2.05) is 24.3 Å². The highest BCUT2D eigenvalue weighted by atomic mass is 32.1. The molecule has 25 heavy (non-hydrogen) atoms. The lowest BCUT2D eigenvalue weighted by Gasteiger charge is -2.12. The lowest BCUT2D eigenvalue weighted by atomic mass is 9.96. The zero-order valence-corrected chi connectivity index (χ0v) is 13.8. The molecule has 0 saturated carbocycles. The predicted octanol–water partition coefficient (Wildman–Crippen LogP) is 4.18. The third kappa shape index (κ3) is 2.57. The Morgan fingerprint density at radius 1 is 1.04 bits per heavy atom. The number of hydrogen-bond donors (Lipinski definition) is 2. The van der Waals surface area contributed by atoms with E-state index < -0.39 is 0 Å². The number of para-hydroxylation sites is 1. The molecule has 2 heterocycles. The molecule has 4 aromatic rings. The van der Waals surface area contributed by atoms with Crippen LogP contribution < -0.4 is 5.73 Å². The summed E-state index contributed by atoms with van der Waals surface area (Å²) in [6, 6.07) is 16.7. The average molecular weight is 344 g/mol. The first-order chi connectivity index (χ1) is 12.2. The monoisotopic (exact) mass is 344 g/mol. The van der Waals surface area contributed by atoms with Crippen LogP contribution in [0.5, 0.6) is 5.75 Å². The zero-order chi connectivity index (χ0) is 17.4. The maximum Gasteiger partial charge on any atom is 0.134 e. The van der Waals surface area contributed by atoms with Crippen LogP contribution >= 0.6 is 11.3 Å². The van der Waals surface area contributed by atoms with Crippen LogP contribution in [0.25, 0.3) is 31.9 Å². The quantitative estimate of drug-likeness (QED) is 0.568. The number of pyridine rings is 1. The summed E-state index contributed by atoms with van der Waals surface area (Å²) in [7, 11) is 0. The number of rotatable bonds is 2. The molecule has 4 rings (SSSR count). The van der Waals surface area contributed by atoms with Crippen LogP contribution in [0.3, 0.4) is 0 Å². The van der Waals surface area contributed by atoms with Gasteiger partial charge in [-0.15, -0.1) is 11.3 Å². The number of aromatic hydroxyl groups is 1. The fraction of sp³-hybridized carbons (Fsp3) is 0. The van der Waals surface area contributed by atoms with Gasteiger partial charge in [-0.1, -0.05) is 24.3 Å². The van der Waals surface area contributed by atoms with E-state index in [0.29, 0.717) is 27.5 Å². The van der Waals surface area contributed by atoms with E-state index in [-0.39, 0.29) is 5.75 Å². The summed E-state index contributed by atoms with van der Waals surface area (Å²) < 4.78 is 1.04. The Morgan fingerprint density at radius 3 is 2.52 bits per heavy atom. The van der Waals surface area contributed by atoms with Gasteiger partial charge >= 0.3 is 0 Å². The minimum atomic E-state index is 0.158. The van der Waals surface area contributed by atoms with Crippen molar-refractivity contribution in [3.8, 4) is 33.5 Å². The summed E-state index contributed by atoms with van der Waals surface area (Å²) in [6.07, 6.45) is 1.47. The number of aromatic nitrogens is 2. The van der Waals surface area contributed by atoms with Gasteiger partial charge in [0.2, 0.25) is 0 Å². The summed E-state index contributed by atoms with van der Waals surface area (Å²) in [6.45, 7) is 0. The van der Waals surface area contributed by atoms with Crippen LogP contribution in [0, 0.1) is 11.3 Å². The van der Waals surface area contributed by atoms with Crippen molar-refractivity contribution < 1.29 is 5.11 Å². The number of hydrogen-bond acceptors (Lipinski definition) is 6. The summed E-state index contributed by atoms with van der Waals surface area (Å²) in [5.74, 6) is 0.479.